The highest BCUT2D eigenvalue weighted by atomic mass is 35.5. The first-order valence-corrected chi connectivity index (χ1v) is 10.00. The maximum Gasteiger partial charge on any atom is 0.225 e. The van der Waals surface area contributed by atoms with Crippen LogP contribution in [0.4, 0.5) is 5.95 Å². The van der Waals surface area contributed by atoms with Gasteiger partial charge in [0.05, 0.1) is 12.3 Å². The van der Waals surface area contributed by atoms with E-state index in [0.29, 0.717) is 19.1 Å². The standard InChI is InChI=1S/C20H21ClN6O/c21-16-2-3-17-15(12-16)6-11-28-13-18-24-25-19(27(17)18)14-4-9-26(10-5-14)20-22-7-1-8-23-20/h1-3,7-8,12,14H,4-6,9-11,13H2. The lowest BCUT2D eigenvalue weighted by Gasteiger charge is -2.32. The lowest BCUT2D eigenvalue weighted by atomic mass is 9.95. The molecule has 2 aliphatic heterocycles. The molecule has 0 atom stereocenters. The third kappa shape index (κ3) is 3.25. The zero-order chi connectivity index (χ0) is 18.9. The molecular formula is C20H21ClN6O. The Morgan fingerprint density at radius 3 is 2.71 bits per heavy atom. The number of hydrogen-bond acceptors (Lipinski definition) is 6. The van der Waals surface area contributed by atoms with Crippen molar-refractivity contribution < 1.29 is 4.74 Å². The number of rotatable bonds is 2. The molecule has 2 aromatic heterocycles. The van der Waals surface area contributed by atoms with E-state index in [4.69, 9.17) is 16.3 Å². The molecule has 0 bridgehead atoms. The SMILES string of the molecule is Clc1ccc2c(c1)CCOCc1nnc(C3CCN(c4ncccn4)CC3)n1-2. The van der Waals surface area contributed by atoms with Crippen LogP contribution in [0.3, 0.4) is 0 Å². The largest absolute Gasteiger partial charge is 0.373 e. The van der Waals surface area contributed by atoms with Crippen molar-refractivity contribution in [1.82, 2.24) is 24.7 Å². The molecule has 3 aromatic rings. The number of ether oxygens (including phenoxy) is 1. The minimum atomic E-state index is 0.337. The average molecular weight is 397 g/mol. The maximum absolute atomic E-state index is 6.24. The van der Waals surface area contributed by atoms with Crippen LogP contribution >= 0.6 is 11.6 Å². The molecule has 144 valence electrons. The van der Waals surface area contributed by atoms with Gasteiger partial charge in [-0.25, -0.2) is 9.97 Å². The number of hydrogen-bond donors (Lipinski definition) is 0. The van der Waals surface area contributed by atoms with Gasteiger partial charge < -0.3 is 9.64 Å². The fourth-order valence-corrected chi connectivity index (χ4v) is 4.26. The molecule has 1 fully saturated rings. The molecule has 1 saturated heterocycles. The van der Waals surface area contributed by atoms with Crippen molar-refractivity contribution in [2.45, 2.75) is 31.8 Å². The molecule has 7 nitrogen and oxygen atoms in total. The first kappa shape index (κ1) is 17.6. The van der Waals surface area contributed by atoms with E-state index in [-0.39, 0.29) is 0 Å². The monoisotopic (exact) mass is 396 g/mol. The Kier molecular flexibility index (Phi) is 4.70. The summed E-state index contributed by atoms with van der Waals surface area (Å²) < 4.78 is 7.97. The first-order chi connectivity index (χ1) is 13.8. The molecule has 28 heavy (non-hydrogen) atoms. The van der Waals surface area contributed by atoms with Crippen LogP contribution in [0, 0.1) is 0 Å². The van der Waals surface area contributed by atoms with Crippen LogP contribution in [0.15, 0.2) is 36.7 Å². The summed E-state index contributed by atoms with van der Waals surface area (Å²) >= 11 is 6.24. The molecule has 0 aliphatic carbocycles. The summed E-state index contributed by atoms with van der Waals surface area (Å²) in [6.45, 7) is 2.94. The van der Waals surface area contributed by atoms with Gasteiger partial charge in [-0.1, -0.05) is 11.6 Å². The summed E-state index contributed by atoms with van der Waals surface area (Å²) in [6, 6.07) is 7.88. The van der Waals surface area contributed by atoms with E-state index >= 15 is 0 Å². The molecule has 0 amide bonds. The van der Waals surface area contributed by atoms with Crippen molar-refractivity contribution in [3.63, 3.8) is 0 Å². The fraction of sp³-hybridized carbons (Fsp3) is 0.400. The topological polar surface area (TPSA) is 69.0 Å². The lowest BCUT2D eigenvalue weighted by molar-refractivity contribution is 0.115. The van der Waals surface area contributed by atoms with Crippen molar-refractivity contribution in [2.75, 3.05) is 24.6 Å². The van der Waals surface area contributed by atoms with Gasteiger partial charge in [0.1, 0.15) is 12.4 Å². The Labute approximate surface area is 168 Å². The van der Waals surface area contributed by atoms with Crippen LogP contribution in [-0.2, 0) is 17.8 Å². The maximum atomic E-state index is 6.24. The van der Waals surface area contributed by atoms with Crippen molar-refractivity contribution in [1.29, 1.82) is 0 Å². The van der Waals surface area contributed by atoms with Gasteiger partial charge in [-0.15, -0.1) is 10.2 Å². The second-order valence-corrected chi connectivity index (χ2v) is 7.63. The van der Waals surface area contributed by atoms with E-state index in [9.17, 15) is 0 Å². The summed E-state index contributed by atoms with van der Waals surface area (Å²) in [5.41, 5.74) is 2.29. The third-order valence-electron chi connectivity index (χ3n) is 5.48. The number of anilines is 1. The molecule has 0 saturated carbocycles. The van der Waals surface area contributed by atoms with Gasteiger partial charge in [0.2, 0.25) is 5.95 Å². The Morgan fingerprint density at radius 1 is 1.07 bits per heavy atom. The third-order valence-corrected chi connectivity index (χ3v) is 5.71. The zero-order valence-corrected chi connectivity index (χ0v) is 16.2. The van der Waals surface area contributed by atoms with E-state index in [2.05, 4.69) is 35.7 Å². The van der Waals surface area contributed by atoms with Gasteiger partial charge in [-0.3, -0.25) is 4.57 Å². The normalized spacial score (nSPS) is 17.5. The number of piperidine rings is 1. The highest BCUT2D eigenvalue weighted by Crippen LogP contribution is 2.32. The Hall–Kier alpha value is -2.51. The summed E-state index contributed by atoms with van der Waals surface area (Å²) in [5, 5.41) is 9.77. The quantitative estimate of drug-likeness (QED) is 0.662. The predicted octanol–water partition coefficient (Wildman–Crippen LogP) is 3.17. The predicted molar refractivity (Wildman–Crippen MR) is 106 cm³/mol. The minimum Gasteiger partial charge on any atom is -0.373 e. The molecule has 2 aliphatic rings. The molecule has 0 unspecified atom stereocenters. The minimum absolute atomic E-state index is 0.337. The highest BCUT2D eigenvalue weighted by Gasteiger charge is 2.29. The smallest absolute Gasteiger partial charge is 0.225 e. The van der Waals surface area contributed by atoms with E-state index < -0.39 is 0 Å². The van der Waals surface area contributed by atoms with Crippen LogP contribution in [-0.4, -0.2) is 44.4 Å². The van der Waals surface area contributed by atoms with Crippen LogP contribution in [0.5, 0.6) is 0 Å². The number of fused-ring (bicyclic) bond motifs is 3. The molecular weight excluding hydrogens is 376 g/mol. The number of benzene rings is 1. The van der Waals surface area contributed by atoms with Gasteiger partial charge in [0, 0.05) is 36.4 Å². The Morgan fingerprint density at radius 2 is 1.89 bits per heavy atom. The van der Waals surface area contributed by atoms with Crippen LogP contribution in [0.1, 0.15) is 36.0 Å². The van der Waals surface area contributed by atoms with Crippen molar-refractivity contribution in [3.05, 3.63) is 58.9 Å². The average Bonchev–Trinajstić information content (AvgIpc) is 3.13. The summed E-state index contributed by atoms with van der Waals surface area (Å²) in [7, 11) is 0. The lowest BCUT2D eigenvalue weighted by Crippen LogP contribution is -2.34. The fourth-order valence-electron chi connectivity index (χ4n) is 4.06. The van der Waals surface area contributed by atoms with Crippen molar-refractivity contribution >= 4 is 17.5 Å². The van der Waals surface area contributed by atoms with E-state index in [1.807, 2.05) is 18.2 Å². The van der Waals surface area contributed by atoms with E-state index in [1.165, 1.54) is 5.56 Å². The number of halogens is 1. The second kappa shape index (κ2) is 7.48. The molecule has 0 N–H and O–H groups in total. The van der Waals surface area contributed by atoms with Crippen molar-refractivity contribution in [3.8, 4) is 5.69 Å². The van der Waals surface area contributed by atoms with Gasteiger partial charge >= 0.3 is 0 Å². The molecule has 0 radical (unpaired) electrons. The van der Waals surface area contributed by atoms with Gasteiger partial charge in [-0.2, -0.15) is 0 Å². The van der Waals surface area contributed by atoms with Gasteiger partial charge in [-0.05, 0) is 49.1 Å². The first-order valence-electron chi connectivity index (χ1n) is 9.62. The van der Waals surface area contributed by atoms with E-state index in [1.54, 1.807) is 12.4 Å². The molecule has 4 heterocycles. The molecule has 8 heteroatoms. The Balaban J connectivity index is 1.45. The van der Waals surface area contributed by atoms with Crippen LogP contribution < -0.4 is 4.90 Å². The highest BCUT2D eigenvalue weighted by molar-refractivity contribution is 6.30. The van der Waals surface area contributed by atoms with Crippen molar-refractivity contribution in [2.24, 2.45) is 0 Å². The Bertz CT molecular complexity index is 968. The molecule has 5 rings (SSSR count). The van der Waals surface area contributed by atoms with Gasteiger partial charge in [0.25, 0.3) is 0 Å². The molecule has 1 aromatic carbocycles. The number of nitrogens with zero attached hydrogens (tertiary/aromatic N) is 6. The van der Waals surface area contributed by atoms with E-state index in [0.717, 1.165) is 60.7 Å². The zero-order valence-electron chi connectivity index (χ0n) is 15.5. The molecule has 0 spiro atoms. The van der Waals surface area contributed by atoms with Crippen LogP contribution in [0.25, 0.3) is 5.69 Å². The summed E-state index contributed by atoms with van der Waals surface area (Å²) in [4.78, 5) is 11.0. The summed E-state index contributed by atoms with van der Waals surface area (Å²) in [6.07, 6.45) is 6.38. The van der Waals surface area contributed by atoms with Crippen LogP contribution in [0.2, 0.25) is 5.02 Å². The second-order valence-electron chi connectivity index (χ2n) is 7.20. The number of aromatic nitrogens is 5. The summed E-state index contributed by atoms with van der Waals surface area (Å²) in [5.74, 6) is 3.00. The van der Waals surface area contributed by atoms with Gasteiger partial charge in [0.15, 0.2) is 5.82 Å².